The second kappa shape index (κ2) is 8.18. The van der Waals surface area contributed by atoms with Crippen molar-refractivity contribution < 1.29 is 13.9 Å². The molecule has 0 unspecified atom stereocenters. The van der Waals surface area contributed by atoms with Crippen molar-refractivity contribution in [2.45, 2.75) is 12.3 Å². The fraction of sp³-hybridized carbons (Fsp3) is 0.150. The lowest BCUT2D eigenvalue weighted by Crippen LogP contribution is -2.05. The number of benzene rings is 2. The predicted molar refractivity (Wildman–Crippen MR) is 107 cm³/mol. The molecular weight excluding hydrogens is 465 g/mol. The number of carbonyl (C=O) groups is 1. The van der Waals surface area contributed by atoms with E-state index in [4.69, 9.17) is 4.74 Å². The van der Waals surface area contributed by atoms with E-state index in [1.54, 1.807) is 19.2 Å². The summed E-state index contributed by atoms with van der Waals surface area (Å²) in [5, 5.41) is 0.486. The summed E-state index contributed by atoms with van der Waals surface area (Å²) in [7, 11) is 0. The number of nitrogens with zero attached hydrogens (tertiary/aromatic N) is 1. The van der Waals surface area contributed by atoms with Gasteiger partial charge in [-0.3, -0.25) is 0 Å². The Labute approximate surface area is 168 Å². The van der Waals surface area contributed by atoms with Crippen LogP contribution >= 0.6 is 31.9 Å². The lowest BCUT2D eigenvalue weighted by molar-refractivity contribution is 0.0527. The average Bonchev–Trinajstić information content (AvgIpc) is 3.10. The zero-order chi connectivity index (χ0) is 18.7. The van der Waals surface area contributed by atoms with Crippen LogP contribution in [0, 0.1) is 5.82 Å². The first-order valence-electron chi connectivity index (χ1n) is 8.04. The fourth-order valence-electron chi connectivity index (χ4n) is 2.74. The molecule has 3 nitrogen and oxygen atoms in total. The van der Waals surface area contributed by atoms with E-state index in [1.807, 2.05) is 41.1 Å². The van der Waals surface area contributed by atoms with E-state index >= 15 is 0 Å². The van der Waals surface area contributed by atoms with E-state index in [0.717, 1.165) is 22.4 Å². The first-order chi connectivity index (χ1) is 12.5. The number of ether oxygens (including phenoxy) is 1. The van der Waals surface area contributed by atoms with Crippen molar-refractivity contribution in [3.05, 3.63) is 76.3 Å². The Kier molecular flexibility index (Phi) is 5.94. The third-order valence-electron chi connectivity index (χ3n) is 3.95. The molecule has 0 radical (unpaired) electrons. The van der Waals surface area contributed by atoms with Crippen LogP contribution in [0.3, 0.4) is 0 Å². The Hall–Kier alpha value is -1.92. The highest BCUT2D eigenvalue weighted by Crippen LogP contribution is 2.31. The lowest BCUT2D eigenvalue weighted by atomic mass is 10.1. The van der Waals surface area contributed by atoms with Crippen LogP contribution in [0.25, 0.3) is 16.8 Å². The van der Waals surface area contributed by atoms with Crippen molar-refractivity contribution in [1.82, 2.24) is 4.57 Å². The number of hydrogen-bond donors (Lipinski definition) is 0. The zero-order valence-corrected chi connectivity index (χ0v) is 17.2. The van der Waals surface area contributed by atoms with Crippen LogP contribution in [0.5, 0.6) is 0 Å². The minimum atomic E-state index is -0.383. The van der Waals surface area contributed by atoms with E-state index in [1.165, 1.54) is 6.07 Å². The average molecular weight is 481 g/mol. The van der Waals surface area contributed by atoms with E-state index in [0.29, 0.717) is 22.0 Å². The first-order valence-corrected chi connectivity index (χ1v) is 9.95. The van der Waals surface area contributed by atoms with Crippen LogP contribution in [0.2, 0.25) is 0 Å². The molecule has 0 spiro atoms. The maximum atomic E-state index is 13.9. The van der Waals surface area contributed by atoms with E-state index < -0.39 is 0 Å². The maximum Gasteiger partial charge on any atom is 0.340 e. The number of rotatable bonds is 5. The molecule has 26 heavy (non-hydrogen) atoms. The van der Waals surface area contributed by atoms with Gasteiger partial charge in [-0.25, -0.2) is 9.18 Å². The minimum Gasteiger partial charge on any atom is -0.462 e. The van der Waals surface area contributed by atoms with E-state index in [2.05, 4.69) is 31.9 Å². The molecule has 134 valence electrons. The molecule has 1 heterocycles. The van der Waals surface area contributed by atoms with Crippen molar-refractivity contribution in [2.24, 2.45) is 0 Å². The fourth-order valence-corrected chi connectivity index (χ4v) is 3.52. The van der Waals surface area contributed by atoms with Gasteiger partial charge in [-0.15, -0.1) is 0 Å². The van der Waals surface area contributed by atoms with Gasteiger partial charge in [-0.2, -0.15) is 0 Å². The quantitative estimate of drug-likeness (QED) is 0.325. The summed E-state index contributed by atoms with van der Waals surface area (Å²) >= 11 is 6.64. The third-order valence-corrected chi connectivity index (χ3v) is 5.16. The SMILES string of the molecule is CCOC(=O)c1cn(-c2cc(Br)c(F)cc2CBr)cc1-c1ccccc1. The molecule has 0 amide bonds. The molecule has 0 fully saturated rings. The van der Waals surface area contributed by atoms with Gasteiger partial charge in [0.2, 0.25) is 0 Å². The largest absolute Gasteiger partial charge is 0.462 e. The molecular formula is C20H16Br2FNO2. The van der Waals surface area contributed by atoms with Gasteiger partial charge in [-0.05, 0) is 46.1 Å². The maximum absolute atomic E-state index is 13.9. The Bertz CT molecular complexity index is 938. The summed E-state index contributed by atoms with van der Waals surface area (Å²) in [5.74, 6) is -0.712. The van der Waals surface area contributed by atoms with Gasteiger partial charge >= 0.3 is 5.97 Å². The molecule has 0 saturated carbocycles. The van der Waals surface area contributed by atoms with Crippen molar-refractivity contribution in [3.8, 4) is 16.8 Å². The number of hydrogen-bond acceptors (Lipinski definition) is 2. The molecule has 0 saturated heterocycles. The molecule has 3 aromatic rings. The van der Waals surface area contributed by atoms with Gasteiger partial charge in [0.15, 0.2) is 0 Å². The molecule has 3 rings (SSSR count). The monoisotopic (exact) mass is 479 g/mol. The molecule has 0 bridgehead atoms. The summed E-state index contributed by atoms with van der Waals surface area (Å²) in [6.45, 7) is 2.07. The van der Waals surface area contributed by atoms with Crippen LogP contribution in [0.15, 0.2) is 59.3 Å². The summed E-state index contributed by atoms with van der Waals surface area (Å²) < 4.78 is 21.3. The molecule has 0 N–H and O–H groups in total. The highest BCUT2D eigenvalue weighted by molar-refractivity contribution is 9.10. The summed E-state index contributed by atoms with van der Waals surface area (Å²) in [4.78, 5) is 12.4. The highest BCUT2D eigenvalue weighted by atomic mass is 79.9. The van der Waals surface area contributed by atoms with Crippen LogP contribution in [0.4, 0.5) is 4.39 Å². The van der Waals surface area contributed by atoms with Crippen molar-refractivity contribution >= 4 is 37.8 Å². The van der Waals surface area contributed by atoms with Crippen LogP contribution in [0.1, 0.15) is 22.8 Å². The molecule has 6 heteroatoms. The second-order valence-electron chi connectivity index (χ2n) is 5.61. The molecule has 0 aliphatic rings. The number of esters is 1. The van der Waals surface area contributed by atoms with E-state index in [9.17, 15) is 9.18 Å². The van der Waals surface area contributed by atoms with Gasteiger partial charge in [-0.1, -0.05) is 46.3 Å². The Morgan fingerprint density at radius 2 is 1.92 bits per heavy atom. The first kappa shape index (κ1) is 18.9. The summed E-state index contributed by atoms with van der Waals surface area (Å²) in [5.41, 5.74) is 3.71. The number of carbonyl (C=O) groups excluding carboxylic acids is 1. The Morgan fingerprint density at radius 1 is 1.19 bits per heavy atom. The van der Waals surface area contributed by atoms with E-state index in [-0.39, 0.29) is 11.8 Å². The van der Waals surface area contributed by atoms with Crippen LogP contribution < -0.4 is 0 Å². The molecule has 0 aliphatic carbocycles. The second-order valence-corrected chi connectivity index (χ2v) is 7.02. The minimum absolute atomic E-state index is 0.299. The molecule has 0 aliphatic heterocycles. The highest BCUT2D eigenvalue weighted by Gasteiger charge is 2.19. The summed E-state index contributed by atoms with van der Waals surface area (Å²) in [6, 6.07) is 12.8. The molecule has 0 atom stereocenters. The molecule has 1 aromatic heterocycles. The van der Waals surface area contributed by atoms with Crippen molar-refractivity contribution in [2.75, 3.05) is 6.61 Å². The van der Waals surface area contributed by atoms with Gasteiger partial charge in [0.05, 0.1) is 22.3 Å². The normalized spacial score (nSPS) is 10.8. The zero-order valence-electron chi connectivity index (χ0n) is 14.0. The topological polar surface area (TPSA) is 31.2 Å². The smallest absolute Gasteiger partial charge is 0.340 e. The Balaban J connectivity index is 2.19. The predicted octanol–water partition coefficient (Wildman–Crippen LogP) is 6.12. The number of alkyl halides is 1. The third kappa shape index (κ3) is 3.76. The van der Waals surface area contributed by atoms with Gasteiger partial charge in [0.1, 0.15) is 5.82 Å². The van der Waals surface area contributed by atoms with Crippen molar-refractivity contribution in [3.63, 3.8) is 0 Å². The van der Waals surface area contributed by atoms with Crippen LogP contribution in [-0.2, 0) is 10.1 Å². The summed E-state index contributed by atoms with van der Waals surface area (Å²) in [6.07, 6.45) is 3.60. The van der Waals surface area contributed by atoms with Crippen molar-refractivity contribution in [1.29, 1.82) is 0 Å². The van der Waals surface area contributed by atoms with Crippen LogP contribution in [-0.4, -0.2) is 17.1 Å². The number of aromatic nitrogens is 1. The standard InChI is InChI=1S/C20H16Br2FNO2/c1-2-26-20(25)16-12-24(11-15(16)13-6-4-3-5-7-13)19-9-17(22)18(23)8-14(19)10-21/h3-9,11-12H,2,10H2,1H3. The van der Waals surface area contributed by atoms with Gasteiger partial charge < -0.3 is 9.30 Å². The van der Waals surface area contributed by atoms with Gasteiger partial charge in [0.25, 0.3) is 0 Å². The molecule has 2 aromatic carbocycles. The number of halogens is 3. The van der Waals surface area contributed by atoms with Gasteiger partial charge in [0, 0.05) is 23.3 Å². The lowest BCUT2D eigenvalue weighted by Gasteiger charge is -2.10. The Morgan fingerprint density at radius 3 is 2.58 bits per heavy atom.